The van der Waals surface area contributed by atoms with Crippen molar-refractivity contribution in [1.29, 1.82) is 0 Å². The molecule has 2 aromatic rings. The molecular formula is C15H14BrNO. The Bertz CT molecular complexity index is 593. The summed E-state index contributed by atoms with van der Waals surface area (Å²) in [5.41, 5.74) is 3.65. The van der Waals surface area contributed by atoms with Crippen LogP contribution in [0.25, 0.3) is 0 Å². The Kier molecular flexibility index (Phi) is 3.82. The number of aryl methyl sites for hydroxylation is 2. The highest BCUT2D eigenvalue weighted by Gasteiger charge is 2.10. The topological polar surface area (TPSA) is 29.1 Å². The second kappa shape index (κ2) is 5.36. The van der Waals surface area contributed by atoms with Crippen LogP contribution in [-0.2, 0) is 0 Å². The Labute approximate surface area is 115 Å². The van der Waals surface area contributed by atoms with Crippen molar-refractivity contribution >= 4 is 27.5 Å². The molecule has 1 N–H and O–H groups in total. The smallest absolute Gasteiger partial charge is 0.256 e. The molecular weight excluding hydrogens is 290 g/mol. The van der Waals surface area contributed by atoms with Gasteiger partial charge in [-0.2, -0.15) is 0 Å². The molecule has 0 aliphatic heterocycles. The van der Waals surface area contributed by atoms with Crippen molar-refractivity contribution in [3.63, 3.8) is 0 Å². The third-order valence-corrected chi connectivity index (χ3v) is 3.42. The van der Waals surface area contributed by atoms with Crippen molar-refractivity contribution in [3.8, 4) is 0 Å². The number of carbonyl (C=O) groups is 1. The lowest BCUT2D eigenvalue weighted by atomic mass is 10.1. The largest absolute Gasteiger partial charge is 0.322 e. The number of anilines is 1. The van der Waals surface area contributed by atoms with E-state index in [-0.39, 0.29) is 5.91 Å². The Morgan fingerprint density at radius 1 is 1.11 bits per heavy atom. The van der Waals surface area contributed by atoms with Crippen LogP contribution in [0.1, 0.15) is 21.5 Å². The summed E-state index contributed by atoms with van der Waals surface area (Å²) < 4.78 is 0.814. The van der Waals surface area contributed by atoms with E-state index in [0.717, 1.165) is 21.3 Å². The molecule has 2 aromatic carbocycles. The number of hydrogen-bond acceptors (Lipinski definition) is 1. The minimum atomic E-state index is -0.101. The van der Waals surface area contributed by atoms with Gasteiger partial charge < -0.3 is 5.32 Å². The molecule has 0 saturated heterocycles. The van der Waals surface area contributed by atoms with Crippen LogP contribution < -0.4 is 5.32 Å². The summed E-state index contributed by atoms with van der Waals surface area (Å²) in [5, 5.41) is 2.92. The van der Waals surface area contributed by atoms with Gasteiger partial charge in [-0.25, -0.2) is 0 Å². The fraction of sp³-hybridized carbons (Fsp3) is 0.133. The molecule has 0 saturated carbocycles. The van der Waals surface area contributed by atoms with Crippen molar-refractivity contribution < 1.29 is 4.79 Å². The van der Waals surface area contributed by atoms with Crippen molar-refractivity contribution in [1.82, 2.24) is 0 Å². The number of amides is 1. The first-order valence-corrected chi connectivity index (χ1v) is 6.50. The summed E-state index contributed by atoms with van der Waals surface area (Å²) in [7, 11) is 0. The molecule has 0 spiro atoms. The zero-order valence-electron chi connectivity index (χ0n) is 10.3. The second-order valence-corrected chi connectivity index (χ2v) is 5.11. The Balaban J connectivity index is 2.25. The van der Waals surface area contributed by atoms with Gasteiger partial charge in [0.15, 0.2) is 0 Å². The zero-order valence-corrected chi connectivity index (χ0v) is 11.9. The first kappa shape index (κ1) is 12.8. The van der Waals surface area contributed by atoms with E-state index >= 15 is 0 Å². The van der Waals surface area contributed by atoms with Crippen LogP contribution in [0, 0.1) is 13.8 Å². The molecule has 0 bridgehead atoms. The predicted octanol–water partition coefficient (Wildman–Crippen LogP) is 4.32. The molecule has 92 valence electrons. The van der Waals surface area contributed by atoms with Crippen molar-refractivity contribution in [2.24, 2.45) is 0 Å². The molecule has 0 aliphatic carbocycles. The Morgan fingerprint density at radius 3 is 2.50 bits per heavy atom. The van der Waals surface area contributed by atoms with Gasteiger partial charge >= 0.3 is 0 Å². The van der Waals surface area contributed by atoms with Crippen LogP contribution in [0.5, 0.6) is 0 Å². The van der Waals surface area contributed by atoms with E-state index in [2.05, 4.69) is 21.2 Å². The molecule has 1 amide bonds. The van der Waals surface area contributed by atoms with Gasteiger partial charge in [0.2, 0.25) is 0 Å². The molecule has 2 rings (SSSR count). The number of benzene rings is 2. The van der Waals surface area contributed by atoms with Gasteiger partial charge in [-0.3, -0.25) is 4.79 Å². The van der Waals surface area contributed by atoms with E-state index < -0.39 is 0 Å². The zero-order chi connectivity index (χ0) is 13.1. The summed E-state index contributed by atoms with van der Waals surface area (Å²) in [6.45, 7) is 3.97. The number of carbonyl (C=O) groups excluding carboxylic acids is 1. The molecule has 0 atom stereocenters. The van der Waals surface area contributed by atoms with Crippen molar-refractivity contribution in [2.75, 3.05) is 5.32 Å². The molecule has 0 radical (unpaired) electrons. The molecule has 0 fully saturated rings. The highest BCUT2D eigenvalue weighted by molar-refractivity contribution is 9.10. The quantitative estimate of drug-likeness (QED) is 0.879. The Hall–Kier alpha value is -1.61. The monoisotopic (exact) mass is 303 g/mol. The number of para-hydroxylation sites is 1. The molecule has 18 heavy (non-hydrogen) atoms. The maximum absolute atomic E-state index is 12.2. The van der Waals surface area contributed by atoms with E-state index in [1.807, 2.05) is 56.3 Å². The van der Waals surface area contributed by atoms with E-state index in [4.69, 9.17) is 0 Å². The van der Waals surface area contributed by atoms with Gasteiger partial charge in [0.1, 0.15) is 0 Å². The SMILES string of the molecule is Cc1ccc(C(=O)Nc2ccccc2C)c(Br)c1. The lowest BCUT2D eigenvalue weighted by Gasteiger charge is -2.09. The lowest BCUT2D eigenvalue weighted by molar-refractivity contribution is 0.102. The number of halogens is 1. The molecule has 0 heterocycles. The van der Waals surface area contributed by atoms with E-state index in [1.165, 1.54) is 0 Å². The van der Waals surface area contributed by atoms with Gasteiger partial charge in [-0.15, -0.1) is 0 Å². The van der Waals surface area contributed by atoms with Crippen molar-refractivity contribution in [2.45, 2.75) is 13.8 Å². The number of nitrogens with one attached hydrogen (secondary N) is 1. The minimum absolute atomic E-state index is 0.101. The highest BCUT2D eigenvalue weighted by atomic mass is 79.9. The van der Waals surface area contributed by atoms with Gasteiger partial charge in [-0.05, 0) is 59.1 Å². The maximum Gasteiger partial charge on any atom is 0.256 e. The van der Waals surface area contributed by atoms with E-state index in [9.17, 15) is 4.79 Å². The fourth-order valence-corrected chi connectivity index (χ4v) is 2.38. The average molecular weight is 304 g/mol. The number of hydrogen-bond donors (Lipinski definition) is 1. The molecule has 0 aliphatic rings. The van der Waals surface area contributed by atoms with Crippen LogP contribution in [0.15, 0.2) is 46.9 Å². The standard InChI is InChI=1S/C15H14BrNO/c1-10-7-8-12(13(16)9-10)15(18)17-14-6-4-3-5-11(14)2/h3-9H,1-2H3,(H,17,18). The van der Waals surface area contributed by atoms with Gasteiger partial charge in [0.05, 0.1) is 5.56 Å². The highest BCUT2D eigenvalue weighted by Crippen LogP contribution is 2.21. The van der Waals surface area contributed by atoms with Gasteiger partial charge in [-0.1, -0.05) is 24.3 Å². The summed E-state index contributed by atoms with van der Waals surface area (Å²) in [4.78, 5) is 12.2. The third-order valence-electron chi connectivity index (χ3n) is 2.76. The first-order chi connectivity index (χ1) is 8.58. The first-order valence-electron chi connectivity index (χ1n) is 5.71. The maximum atomic E-state index is 12.2. The molecule has 2 nitrogen and oxygen atoms in total. The number of rotatable bonds is 2. The van der Waals surface area contributed by atoms with Gasteiger partial charge in [0, 0.05) is 10.2 Å². The van der Waals surface area contributed by atoms with Gasteiger partial charge in [0.25, 0.3) is 5.91 Å². The van der Waals surface area contributed by atoms with Crippen LogP contribution in [0.2, 0.25) is 0 Å². The average Bonchev–Trinajstić information content (AvgIpc) is 2.32. The van der Waals surface area contributed by atoms with E-state index in [0.29, 0.717) is 5.56 Å². The normalized spacial score (nSPS) is 10.2. The molecule has 0 aromatic heterocycles. The fourth-order valence-electron chi connectivity index (χ4n) is 1.71. The second-order valence-electron chi connectivity index (χ2n) is 4.25. The van der Waals surface area contributed by atoms with E-state index in [1.54, 1.807) is 0 Å². The summed E-state index contributed by atoms with van der Waals surface area (Å²) in [5.74, 6) is -0.101. The lowest BCUT2D eigenvalue weighted by Crippen LogP contribution is -2.13. The minimum Gasteiger partial charge on any atom is -0.322 e. The van der Waals surface area contributed by atoms with Crippen LogP contribution in [-0.4, -0.2) is 5.91 Å². The summed E-state index contributed by atoms with van der Waals surface area (Å²) in [6.07, 6.45) is 0. The van der Waals surface area contributed by atoms with Crippen LogP contribution in [0.4, 0.5) is 5.69 Å². The molecule has 0 unspecified atom stereocenters. The van der Waals surface area contributed by atoms with Crippen molar-refractivity contribution in [3.05, 3.63) is 63.6 Å². The van der Waals surface area contributed by atoms with Crippen LogP contribution >= 0.6 is 15.9 Å². The molecule has 3 heteroatoms. The summed E-state index contributed by atoms with van der Waals surface area (Å²) in [6, 6.07) is 13.4. The van der Waals surface area contributed by atoms with Crippen LogP contribution in [0.3, 0.4) is 0 Å². The Morgan fingerprint density at radius 2 is 1.83 bits per heavy atom. The predicted molar refractivity (Wildman–Crippen MR) is 78.0 cm³/mol. The summed E-state index contributed by atoms with van der Waals surface area (Å²) >= 11 is 3.42. The third kappa shape index (κ3) is 2.79.